The first-order valence-electron chi connectivity index (χ1n) is 14.6. The van der Waals surface area contributed by atoms with Crippen molar-refractivity contribution in [2.24, 2.45) is 17.8 Å². The SMILES string of the molecule is C[C@@H]1C[C@@H]2C(c3cccc(-c4ccccc4)c3)=CC=C[C@@H]2C1[Si](C)(C)N1c2ccccc2[N-]c2ccccc21.[CH3-].[Cl][Ti][Cl]. The van der Waals surface area contributed by atoms with Crippen molar-refractivity contribution in [2.75, 3.05) is 4.57 Å². The Morgan fingerprint density at radius 1 is 0.767 bits per heavy atom. The molecule has 0 aromatic heterocycles. The Kier molecular flexibility index (Phi) is 10.1. The first-order chi connectivity index (χ1) is 20.4. The van der Waals surface area contributed by atoms with Gasteiger partial charge in [-0.2, -0.15) is 0 Å². The normalized spacial score (nSPS) is 21.5. The number of anilines is 2. The second-order valence-electron chi connectivity index (χ2n) is 12.0. The molecule has 7 rings (SSSR count). The van der Waals surface area contributed by atoms with E-state index >= 15 is 0 Å². The average molecular weight is 658 g/mol. The monoisotopic (exact) mass is 656 g/mol. The molecule has 4 aromatic rings. The van der Waals surface area contributed by atoms with Crippen LogP contribution in [0.4, 0.5) is 22.7 Å². The number of nitrogens with zero attached hydrogens (tertiary/aromatic N) is 2. The van der Waals surface area contributed by atoms with E-state index in [-0.39, 0.29) is 7.43 Å². The molecule has 6 heteroatoms. The van der Waals surface area contributed by atoms with Gasteiger partial charge in [-0.05, 0) is 70.2 Å². The fourth-order valence-corrected chi connectivity index (χ4v) is 12.6. The number of halogens is 2. The molecule has 4 atom stereocenters. The van der Waals surface area contributed by atoms with Crippen molar-refractivity contribution in [1.82, 2.24) is 0 Å². The van der Waals surface area contributed by atoms with Crippen LogP contribution in [0, 0.1) is 25.2 Å². The summed E-state index contributed by atoms with van der Waals surface area (Å²) in [7, 11) is 7.74. The Balaban J connectivity index is 0.000000885. The number of allylic oxidation sites excluding steroid dienone is 4. The van der Waals surface area contributed by atoms with Crippen molar-refractivity contribution in [3.05, 3.63) is 140 Å². The summed E-state index contributed by atoms with van der Waals surface area (Å²) >= 11 is -0.556. The van der Waals surface area contributed by atoms with Crippen molar-refractivity contribution in [2.45, 2.75) is 32.0 Å². The van der Waals surface area contributed by atoms with Crippen LogP contribution in [0.2, 0.25) is 18.6 Å². The molecule has 0 amide bonds. The fraction of sp³-hybridized carbons (Fsp3) is 0.216. The number of rotatable bonds is 4. The topological polar surface area (TPSA) is 17.3 Å². The van der Waals surface area contributed by atoms with Crippen LogP contribution >= 0.6 is 18.6 Å². The van der Waals surface area contributed by atoms with E-state index < -0.39 is 25.3 Å². The van der Waals surface area contributed by atoms with Gasteiger partial charge in [-0.25, -0.2) is 0 Å². The van der Waals surface area contributed by atoms with Crippen LogP contribution in [0.3, 0.4) is 0 Å². The van der Waals surface area contributed by atoms with Crippen LogP contribution in [-0.4, -0.2) is 8.24 Å². The van der Waals surface area contributed by atoms with E-state index in [0.29, 0.717) is 23.3 Å². The fourth-order valence-electron chi connectivity index (χ4n) is 7.84. The van der Waals surface area contributed by atoms with Crippen molar-refractivity contribution in [3.8, 4) is 11.1 Å². The van der Waals surface area contributed by atoms with Crippen molar-refractivity contribution < 1.29 is 17.0 Å². The van der Waals surface area contributed by atoms with E-state index in [9.17, 15) is 0 Å². The standard InChI is InChI=1S/C36H35N2Si.CH3.2ClH.Ti/c1-25-23-31-29(28-16-11-15-27(24-28)26-13-5-4-6-14-26)17-12-18-30(31)36(25)39(2,3)38-34-21-9-7-19-32(34)37-33-20-8-10-22-35(33)38;;;;/h4-22,24-25,30-31,36H,23H2,1-3H3;1H3;2*1H;/q2*-1;;;+2/p-2/t25-,30+,31-,36?;;;;/m1..../s1. The van der Waals surface area contributed by atoms with Crippen LogP contribution in [0.5, 0.6) is 0 Å². The van der Waals surface area contributed by atoms with Gasteiger partial charge >= 0.3 is 35.6 Å². The van der Waals surface area contributed by atoms with Crippen molar-refractivity contribution in [3.63, 3.8) is 0 Å². The number of para-hydroxylation sites is 4. The zero-order chi connectivity index (χ0) is 29.3. The molecule has 0 saturated heterocycles. The summed E-state index contributed by atoms with van der Waals surface area (Å²) in [5, 5.41) is 5.04. The van der Waals surface area contributed by atoms with E-state index in [0.717, 1.165) is 11.4 Å². The Morgan fingerprint density at radius 3 is 1.98 bits per heavy atom. The summed E-state index contributed by atoms with van der Waals surface area (Å²) in [6.45, 7) is 7.70. The Labute approximate surface area is 275 Å². The van der Waals surface area contributed by atoms with Gasteiger partial charge in [0.2, 0.25) is 0 Å². The summed E-state index contributed by atoms with van der Waals surface area (Å²) in [6.07, 6.45) is 8.50. The van der Waals surface area contributed by atoms with Gasteiger partial charge in [0.05, 0.1) is 0 Å². The van der Waals surface area contributed by atoms with Gasteiger partial charge in [-0.3, -0.25) is 0 Å². The molecule has 1 unspecified atom stereocenters. The van der Waals surface area contributed by atoms with Gasteiger partial charge in [0, 0.05) is 11.4 Å². The van der Waals surface area contributed by atoms with Gasteiger partial charge in [0.25, 0.3) is 0 Å². The molecule has 0 bridgehead atoms. The molecule has 0 N–H and O–H groups in total. The van der Waals surface area contributed by atoms with E-state index in [1.807, 2.05) is 0 Å². The third-order valence-electron chi connectivity index (χ3n) is 9.31. The average Bonchev–Trinajstić information content (AvgIpc) is 3.37. The van der Waals surface area contributed by atoms with Crippen LogP contribution in [0.15, 0.2) is 121 Å². The Hall–Kier alpha value is -2.53. The maximum atomic E-state index is 5.04. The predicted octanol–water partition coefficient (Wildman–Crippen LogP) is 12.5. The first kappa shape index (κ1) is 31.9. The van der Waals surface area contributed by atoms with Gasteiger partial charge in [0.15, 0.2) is 8.24 Å². The zero-order valence-corrected chi connectivity index (χ0v) is 29.3. The predicted molar refractivity (Wildman–Crippen MR) is 187 cm³/mol. The molecule has 43 heavy (non-hydrogen) atoms. The number of hydrogen-bond donors (Lipinski definition) is 0. The summed E-state index contributed by atoms with van der Waals surface area (Å²) in [5.41, 5.74) is 10.8. The second kappa shape index (κ2) is 13.6. The van der Waals surface area contributed by atoms with E-state index in [2.05, 4.69) is 146 Å². The molecule has 1 aliphatic heterocycles. The Morgan fingerprint density at radius 2 is 1.33 bits per heavy atom. The molecule has 3 aliphatic rings. The van der Waals surface area contributed by atoms with Gasteiger partial charge in [0.1, 0.15) is 0 Å². The van der Waals surface area contributed by atoms with E-state index in [1.54, 1.807) is 0 Å². The first-order valence-corrected chi connectivity index (χ1v) is 22.0. The molecule has 0 radical (unpaired) electrons. The molecule has 1 fully saturated rings. The summed E-state index contributed by atoms with van der Waals surface area (Å²) in [4.78, 5) is 0. The van der Waals surface area contributed by atoms with E-state index in [1.165, 1.54) is 40.1 Å². The third kappa shape index (κ3) is 6.08. The second-order valence-corrected chi connectivity index (χ2v) is 19.0. The molecular weight excluding hydrogens is 619 g/mol. The van der Waals surface area contributed by atoms with Crippen LogP contribution < -0.4 is 4.57 Å². The molecule has 1 heterocycles. The van der Waals surface area contributed by atoms with Crippen molar-refractivity contribution >= 4 is 55.2 Å². The molecule has 4 aromatic carbocycles. The Bertz CT molecular complexity index is 1570. The summed E-state index contributed by atoms with van der Waals surface area (Å²) in [5.74, 6) is 1.73. The quantitative estimate of drug-likeness (QED) is 0.158. The third-order valence-corrected chi connectivity index (χ3v) is 13.5. The molecular formula is C37H38Cl2N2SiTi-2. The van der Waals surface area contributed by atoms with Crippen LogP contribution in [0.25, 0.3) is 22.0 Å². The molecule has 220 valence electrons. The number of benzene rings is 4. The molecule has 2 aliphatic carbocycles. The van der Waals surface area contributed by atoms with Crippen molar-refractivity contribution in [1.29, 1.82) is 0 Å². The van der Waals surface area contributed by atoms with Gasteiger partial charge < -0.3 is 17.3 Å². The van der Waals surface area contributed by atoms with Gasteiger partial charge in [-0.15, -0.1) is 11.4 Å². The number of hydrogen-bond acceptors (Lipinski definition) is 1. The summed E-state index contributed by atoms with van der Waals surface area (Å²) in [6, 6.07) is 37.4. The minimum absolute atomic E-state index is 0. The molecule has 2 nitrogen and oxygen atoms in total. The molecule has 0 spiro atoms. The number of fused-ring (bicyclic) bond motifs is 3. The maximum absolute atomic E-state index is 5.04. The van der Waals surface area contributed by atoms with Gasteiger partial charge in [-0.1, -0.05) is 123 Å². The zero-order valence-electron chi connectivity index (χ0n) is 25.2. The van der Waals surface area contributed by atoms with E-state index in [4.69, 9.17) is 23.9 Å². The molecule has 1 saturated carbocycles. The summed E-state index contributed by atoms with van der Waals surface area (Å²) < 4.78 is 2.73. The minimum atomic E-state index is -2.04. The van der Waals surface area contributed by atoms with Crippen LogP contribution in [-0.2, 0) is 17.0 Å². The van der Waals surface area contributed by atoms with Crippen LogP contribution in [0.1, 0.15) is 18.9 Å².